The van der Waals surface area contributed by atoms with E-state index in [0.717, 1.165) is 34.6 Å². The Morgan fingerprint density at radius 2 is 0.679 bits per heavy atom. The second kappa shape index (κ2) is 46.6. The smallest absolute Gasteiger partial charge is 0.364 e. The van der Waals surface area contributed by atoms with E-state index in [9.17, 15) is 172 Å². The molecule has 10 aliphatic heterocycles. The fourth-order valence-corrected chi connectivity index (χ4v) is 16.9. The molecule has 0 saturated carbocycles. The molecule has 5 amide bonds. The highest BCUT2D eigenvalue weighted by molar-refractivity contribution is 5.77. The Kier molecular flexibility index (Phi) is 38.4. The van der Waals surface area contributed by atoms with Crippen molar-refractivity contribution in [3.63, 3.8) is 0 Å². The number of carboxylic acids is 1. The average molecular weight is 1920 g/mol. The molecule has 58 nitrogen and oxygen atoms in total. The summed E-state index contributed by atoms with van der Waals surface area (Å²) in [7, 11) is 0. The summed E-state index contributed by atoms with van der Waals surface area (Å²) in [5.74, 6) is -10.2. The number of rotatable bonds is 35. The molecule has 756 valence electrons. The van der Waals surface area contributed by atoms with E-state index in [-0.39, 0.29) is 0 Å². The van der Waals surface area contributed by atoms with Crippen molar-refractivity contribution in [3.05, 3.63) is 0 Å². The van der Waals surface area contributed by atoms with Gasteiger partial charge in [0, 0.05) is 41.0 Å². The van der Waals surface area contributed by atoms with Crippen LogP contribution >= 0.6 is 0 Å². The summed E-state index contributed by atoms with van der Waals surface area (Å²) < 4.78 is 113. The van der Waals surface area contributed by atoms with Crippen LogP contribution in [0.5, 0.6) is 0 Å². The number of aliphatic hydroxyl groups excluding tert-OH is 27. The van der Waals surface area contributed by atoms with E-state index in [0.29, 0.717) is 0 Å². The lowest BCUT2D eigenvalue weighted by molar-refractivity contribution is -0.397. The molecule has 0 radical (unpaired) electrons. The van der Waals surface area contributed by atoms with E-state index >= 15 is 0 Å². The molecule has 58 heteroatoms. The van der Waals surface area contributed by atoms with Gasteiger partial charge in [0.05, 0.1) is 77.7 Å². The van der Waals surface area contributed by atoms with Crippen LogP contribution in [0.3, 0.4) is 0 Å². The molecule has 51 atom stereocenters. The van der Waals surface area contributed by atoms with Crippen molar-refractivity contribution in [1.29, 1.82) is 0 Å². The first kappa shape index (κ1) is 108. The zero-order valence-electron chi connectivity index (χ0n) is 70.7. The van der Waals surface area contributed by atoms with Crippen molar-refractivity contribution in [2.24, 2.45) is 0 Å². The van der Waals surface area contributed by atoms with E-state index in [1.54, 1.807) is 0 Å². The molecule has 0 unspecified atom stereocenters. The van der Waals surface area contributed by atoms with E-state index in [1.165, 1.54) is 6.92 Å². The lowest BCUT2D eigenvalue weighted by atomic mass is 9.88. The van der Waals surface area contributed by atoms with Crippen molar-refractivity contribution in [2.75, 3.05) is 59.5 Å². The summed E-state index contributed by atoms with van der Waals surface area (Å²) in [5.41, 5.74) is 0. The van der Waals surface area contributed by atoms with Crippen LogP contribution in [-0.2, 0) is 119 Å². The van der Waals surface area contributed by atoms with Crippen LogP contribution in [0.4, 0.5) is 0 Å². The topological polar surface area (TPSA) is 904 Å². The van der Waals surface area contributed by atoms with Gasteiger partial charge in [-0.2, -0.15) is 0 Å². The van der Waals surface area contributed by atoms with Gasteiger partial charge in [0.2, 0.25) is 29.5 Å². The van der Waals surface area contributed by atoms with Crippen molar-refractivity contribution in [1.82, 2.24) is 26.6 Å². The number of aliphatic hydroxyl groups is 27. The minimum Gasteiger partial charge on any atom is -0.477 e. The van der Waals surface area contributed by atoms with Gasteiger partial charge in [0.1, 0.15) is 232 Å². The third-order valence-corrected chi connectivity index (χ3v) is 23.8. The molecule has 0 spiro atoms. The Bertz CT molecular complexity index is 3670. The normalized spacial score (nSPS) is 47.5. The zero-order valence-corrected chi connectivity index (χ0v) is 70.7. The maximum atomic E-state index is 13.3. The van der Waals surface area contributed by atoms with Crippen LogP contribution < -0.4 is 26.6 Å². The van der Waals surface area contributed by atoms with E-state index in [4.69, 9.17) is 90.0 Å². The standard InChI is InChI=1S/C73H121N5O53/c1-17-38(93)49(104)52(107)67(115-17)113-16-32-57(46(101)34(63(110)116-32)75-19(3)87)124-65-36(77-21(5)89)47(102)55(29(13-84)121-65)125-68-53(108)59(127-71-62(51(106)42(97)27(11-82)120-71)129-64-35(76-20(4)88)45(100)40(95)25(9-80)117-64)44(99)31(123-68)15-114-70-61(50(105)41(96)26(10-81)119-70)128-66-37(78-22(6)90)48(103)56(30(14-85)122-66)126-69-54(109)60(43(98)28(12-83)118-69)131-73(72(111)112)7-23(91)33(74-18(2)86)58(130-73)39(94)24(92)8-79/h17,23-71,79-85,91-110H,7-16H2,1-6H3,(H,74,86)(H,75,87)(H,76,88)(H,77,89)(H,78,90)(H,111,112)/t17-,23-,24+,25+,26+,27+,28+,29+,30+,31+,32+,33+,34+,35+,36+,37+,38+,39+,40+,41+,42+,43-,44+,45+,46+,47+,48+,49+,50-,51-,52-,53-,54+,55+,56+,57+,58+,59-,60-,61-,62-,63+,64-,65-,66-,67+,68-,69-,70-,71+,73-/m0/s1. The molecule has 0 aromatic heterocycles. The molecule has 0 aromatic rings. The van der Waals surface area contributed by atoms with Crippen molar-refractivity contribution >= 4 is 35.5 Å². The van der Waals surface area contributed by atoms with Crippen molar-refractivity contribution in [3.8, 4) is 0 Å². The molecule has 0 bridgehead atoms. The molecular formula is C73H121N5O53. The fraction of sp³-hybridized carbons (Fsp3) is 0.918. The molecule has 0 aliphatic carbocycles. The second-order valence-corrected chi connectivity index (χ2v) is 33.2. The highest BCUT2D eigenvalue weighted by Crippen LogP contribution is 2.43. The van der Waals surface area contributed by atoms with Crippen LogP contribution in [0.25, 0.3) is 0 Å². The minimum absolute atomic E-state index is 0.854. The minimum atomic E-state index is -3.31. The number of aliphatic carboxylic acids is 1. The van der Waals surface area contributed by atoms with Crippen molar-refractivity contribution in [2.45, 2.75) is 360 Å². The molecule has 10 saturated heterocycles. The van der Waals surface area contributed by atoms with Crippen LogP contribution in [0.15, 0.2) is 0 Å². The highest BCUT2D eigenvalue weighted by atomic mass is 16.8. The lowest BCUT2D eigenvalue weighted by Gasteiger charge is -2.51. The van der Waals surface area contributed by atoms with Crippen LogP contribution in [0.2, 0.25) is 0 Å². The molecule has 131 heavy (non-hydrogen) atoms. The number of carbonyl (C=O) groups excluding carboxylic acids is 5. The first-order valence-electron chi connectivity index (χ1n) is 41.6. The molecular weight excluding hydrogens is 1790 g/mol. The van der Waals surface area contributed by atoms with E-state index in [2.05, 4.69) is 26.6 Å². The molecule has 33 N–H and O–H groups in total. The molecule has 10 rings (SSSR count). The van der Waals surface area contributed by atoms with Crippen LogP contribution in [-0.4, -0.2) is 550 Å². The lowest BCUT2D eigenvalue weighted by Crippen LogP contribution is -2.71. The second-order valence-electron chi connectivity index (χ2n) is 33.2. The predicted octanol–water partition coefficient (Wildman–Crippen LogP) is -21.9. The largest absolute Gasteiger partial charge is 0.477 e. The summed E-state index contributed by atoms with van der Waals surface area (Å²) in [5, 5.41) is 326. The number of carboxylic acid groups (broad SMARTS) is 1. The number of hydrogen-bond donors (Lipinski definition) is 33. The van der Waals surface area contributed by atoms with Gasteiger partial charge in [-0.25, -0.2) is 4.79 Å². The van der Waals surface area contributed by atoms with Crippen molar-refractivity contribution < 1.29 is 262 Å². The predicted molar refractivity (Wildman–Crippen MR) is 403 cm³/mol. The fourth-order valence-electron chi connectivity index (χ4n) is 16.9. The highest BCUT2D eigenvalue weighted by Gasteiger charge is 2.64. The third-order valence-electron chi connectivity index (χ3n) is 23.8. The Morgan fingerprint density at radius 1 is 0.328 bits per heavy atom. The van der Waals surface area contributed by atoms with Gasteiger partial charge in [-0.3, -0.25) is 24.0 Å². The van der Waals surface area contributed by atoms with Gasteiger partial charge in [0.15, 0.2) is 56.6 Å². The first-order valence-corrected chi connectivity index (χ1v) is 41.6. The zero-order chi connectivity index (χ0) is 96.9. The van der Waals surface area contributed by atoms with E-state index < -0.39 is 414 Å². The third kappa shape index (κ3) is 24.1. The van der Waals surface area contributed by atoms with Crippen LogP contribution in [0, 0.1) is 0 Å². The number of carbonyl (C=O) groups is 6. The summed E-state index contributed by atoms with van der Waals surface area (Å²) in [4.78, 5) is 77.1. The summed E-state index contributed by atoms with van der Waals surface area (Å²) in [6, 6.07) is -9.50. The number of amides is 5. The molecule has 10 fully saturated rings. The molecule has 0 aromatic carbocycles. The van der Waals surface area contributed by atoms with Gasteiger partial charge in [-0.1, -0.05) is 0 Å². The Labute approximate surface area is 741 Å². The monoisotopic (exact) mass is 1920 g/mol. The summed E-state index contributed by atoms with van der Waals surface area (Å²) in [6.45, 7) is -4.62. The molecule has 10 aliphatic rings. The number of ether oxygens (including phenoxy) is 19. The maximum absolute atomic E-state index is 13.3. The quantitative estimate of drug-likeness (QED) is 0.0280. The number of nitrogens with one attached hydrogen (secondary N) is 5. The SMILES string of the molecule is CC(=O)N[C@@H]1[C@@H](O)[C@H](O[C@@H]2O[C@H](CO)[C@@H](O[C@@H]3O[C@H](CO[C@H]4O[C@H](CO)[C@@H](O)[C@H](O)[C@@H]4O[C@@H]4O[C@H](CO)[C@@H](O[C@@H]5O[C@H](CO)[C@H](O)[C@H](O[C@]6(C(=O)O)C[C@H](O)[C@@H](NC(C)=O)[C@H]([C@H](O)[C@H](O)CO)O6)[C@H]5O)[C@H](O)[C@H]4NC(C)=O)[C@@H](O)[C@H](O[C@H]4O[C@H](CO)[C@@H](O)[C@H](O)[C@@H]4O[C@@H]4O[C@H](CO)[C@@H](O)[C@H](O)[C@H]4NC(C)=O)[C@@H]3O)[C@H](O)[C@H]2NC(C)=O)[C@@H](CO[C@@H]2O[C@@H](C)[C@@H](O)[C@@H](O)[C@@H]2O)O[C@H]1O. The number of hydrogen-bond acceptors (Lipinski definition) is 52. The van der Waals surface area contributed by atoms with Gasteiger partial charge in [0.25, 0.3) is 5.79 Å². The van der Waals surface area contributed by atoms with Crippen LogP contribution in [0.1, 0.15) is 48.0 Å². The maximum Gasteiger partial charge on any atom is 0.364 e. The average Bonchev–Trinajstić information content (AvgIpc) is 0.755. The summed E-state index contributed by atoms with van der Waals surface area (Å²) in [6.07, 6.45) is -98.3. The van der Waals surface area contributed by atoms with Gasteiger partial charge >= 0.3 is 5.97 Å². The van der Waals surface area contributed by atoms with E-state index in [1.807, 2.05) is 0 Å². The molecule has 10 heterocycles. The van der Waals surface area contributed by atoms with Gasteiger partial charge < -0.3 is 260 Å². The van der Waals surface area contributed by atoms with Gasteiger partial charge in [-0.05, 0) is 6.92 Å². The Balaban J connectivity index is 0.963. The Morgan fingerprint density at radius 3 is 1.15 bits per heavy atom. The Hall–Kier alpha value is -5.02. The first-order chi connectivity index (χ1) is 61.7. The summed E-state index contributed by atoms with van der Waals surface area (Å²) >= 11 is 0. The van der Waals surface area contributed by atoms with Gasteiger partial charge in [-0.15, -0.1) is 0 Å².